The van der Waals surface area contributed by atoms with Gasteiger partial charge < -0.3 is 0 Å². The highest BCUT2D eigenvalue weighted by molar-refractivity contribution is 7.91. The van der Waals surface area contributed by atoms with Gasteiger partial charge in [-0.15, -0.1) is 0 Å². The lowest BCUT2D eigenvalue weighted by molar-refractivity contribution is 0.569. The third kappa shape index (κ3) is 2.31. The summed E-state index contributed by atoms with van der Waals surface area (Å²) in [5.41, 5.74) is 1.17. The van der Waals surface area contributed by atoms with Crippen LogP contribution in [-0.2, 0) is 16.3 Å². The summed E-state index contributed by atoms with van der Waals surface area (Å²) in [6.45, 7) is 1.74. The van der Waals surface area contributed by atoms with Crippen molar-refractivity contribution in [3.8, 4) is 0 Å². The van der Waals surface area contributed by atoms with Crippen molar-refractivity contribution in [3.63, 3.8) is 0 Å². The Labute approximate surface area is 120 Å². The lowest BCUT2D eigenvalue weighted by Crippen LogP contribution is -2.14. The molecule has 4 nitrogen and oxygen atoms in total. The van der Waals surface area contributed by atoms with E-state index in [1.165, 1.54) is 12.4 Å². The van der Waals surface area contributed by atoms with Crippen LogP contribution in [0.3, 0.4) is 0 Å². The van der Waals surface area contributed by atoms with Crippen LogP contribution in [0.2, 0.25) is 0 Å². The molecule has 0 aliphatic heterocycles. The van der Waals surface area contributed by atoms with E-state index in [1.54, 1.807) is 6.92 Å². The summed E-state index contributed by atoms with van der Waals surface area (Å²) in [5, 5.41) is -1.31. The first-order valence-corrected chi connectivity index (χ1v) is 7.94. The van der Waals surface area contributed by atoms with Crippen molar-refractivity contribution in [3.05, 3.63) is 52.9 Å². The van der Waals surface area contributed by atoms with Crippen molar-refractivity contribution < 1.29 is 17.2 Å². The maximum absolute atomic E-state index is 13.7. The van der Waals surface area contributed by atoms with Crippen LogP contribution in [0.4, 0.5) is 8.78 Å². The van der Waals surface area contributed by atoms with Crippen molar-refractivity contribution in [1.29, 1.82) is 0 Å². The molecule has 0 amide bonds. The van der Waals surface area contributed by atoms with E-state index in [-0.39, 0.29) is 29.1 Å². The Kier molecular flexibility index (Phi) is 3.24. The predicted molar refractivity (Wildman–Crippen MR) is 71.4 cm³/mol. The minimum Gasteiger partial charge on any atom is -0.227 e. The van der Waals surface area contributed by atoms with Gasteiger partial charge in [-0.25, -0.2) is 27.2 Å². The Hall–Kier alpha value is -1.89. The van der Waals surface area contributed by atoms with Crippen molar-refractivity contribution in [2.24, 2.45) is 0 Å². The van der Waals surface area contributed by atoms with Gasteiger partial charge in [-0.2, -0.15) is 0 Å². The summed E-state index contributed by atoms with van der Waals surface area (Å²) in [6.07, 6.45) is 3.27. The molecular weight excluding hydrogens is 298 g/mol. The number of hydrogen-bond donors (Lipinski definition) is 0. The van der Waals surface area contributed by atoms with Crippen LogP contribution < -0.4 is 0 Å². The minimum absolute atomic E-state index is 0.177. The van der Waals surface area contributed by atoms with Gasteiger partial charge in [-0.3, -0.25) is 0 Å². The average Bonchev–Trinajstić information content (AvgIpc) is 2.83. The topological polar surface area (TPSA) is 59.9 Å². The van der Waals surface area contributed by atoms with Gasteiger partial charge in [0.2, 0.25) is 15.0 Å². The molecule has 2 aromatic rings. The molecule has 7 heteroatoms. The van der Waals surface area contributed by atoms with Crippen LogP contribution >= 0.6 is 0 Å². The molecule has 0 saturated carbocycles. The van der Waals surface area contributed by atoms with Gasteiger partial charge >= 0.3 is 0 Å². The number of fused-ring (bicyclic) bond motifs is 1. The van der Waals surface area contributed by atoms with E-state index in [1.807, 2.05) is 0 Å². The number of halogens is 2. The normalized spacial score (nSPS) is 17.8. The Morgan fingerprint density at radius 1 is 1.19 bits per heavy atom. The molecular formula is C14H12F2N2O2S. The molecule has 3 rings (SSSR count). The van der Waals surface area contributed by atoms with Crippen molar-refractivity contribution in [2.45, 2.75) is 30.2 Å². The van der Waals surface area contributed by atoms with E-state index in [4.69, 9.17) is 0 Å². The first-order valence-electron chi connectivity index (χ1n) is 6.40. The lowest BCUT2D eigenvalue weighted by Gasteiger charge is -2.12. The molecule has 0 bridgehead atoms. The van der Waals surface area contributed by atoms with Gasteiger partial charge in [0.1, 0.15) is 11.6 Å². The molecule has 1 atom stereocenters. The number of sulfone groups is 1. The Balaban J connectivity index is 2.10. The number of aromatic nitrogens is 2. The van der Waals surface area contributed by atoms with E-state index >= 15 is 0 Å². The zero-order chi connectivity index (χ0) is 15.2. The fraction of sp³-hybridized carbons (Fsp3) is 0.286. The highest BCUT2D eigenvalue weighted by Gasteiger charge is 2.38. The molecule has 1 aliphatic carbocycles. The van der Waals surface area contributed by atoms with E-state index in [9.17, 15) is 17.2 Å². The number of aryl methyl sites for hydroxylation is 1. The highest BCUT2D eigenvalue weighted by Crippen LogP contribution is 2.40. The van der Waals surface area contributed by atoms with E-state index in [2.05, 4.69) is 9.97 Å². The standard InChI is InChI=1S/C14H12F2N2O2S/c1-8-6-17-14(18-7-8)21(19,20)13-3-2-10-11(13)4-9(15)5-12(10)16/h4-7,13H,2-3H2,1H3/t13-/m0/s1. The molecule has 0 saturated heterocycles. The number of nitrogens with zero attached hydrogens (tertiary/aromatic N) is 2. The SMILES string of the molecule is Cc1cnc(S(=O)(=O)[C@H]2CCc3c(F)cc(F)cc32)nc1. The second-order valence-electron chi connectivity index (χ2n) is 5.07. The van der Waals surface area contributed by atoms with Crippen LogP contribution in [0.15, 0.2) is 29.7 Å². The van der Waals surface area contributed by atoms with Crippen molar-refractivity contribution in [1.82, 2.24) is 9.97 Å². The summed E-state index contributed by atoms with van der Waals surface area (Å²) >= 11 is 0. The molecule has 1 aliphatic rings. The summed E-state index contributed by atoms with van der Waals surface area (Å²) in [7, 11) is -3.86. The highest BCUT2D eigenvalue weighted by atomic mass is 32.2. The average molecular weight is 310 g/mol. The van der Waals surface area contributed by atoms with Gasteiger partial charge in [0, 0.05) is 18.5 Å². The zero-order valence-electron chi connectivity index (χ0n) is 11.2. The van der Waals surface area contributed by atoms with E-state index < -0.39 is 26.7 Å². The molecule has 0 unspecified atom stereocenters. The predicted octanol–water partition coefficient (Wildman–Crippen LogP) is 2.52. The molecule has 110 valence electrons. The summed E-state index contributed by atoms with van der Waals surface area (Å²) in [5.74, 6) is -1.48. The monoisotopic (exact) mass is 310 g/mol. The van der Waals surface area contributed by atoms with Gasteiger partial charge in [0.25, 0.3) is 0 Å². The van der Waals surface area contributed by atoms with Gasteiger partial charge in [0.15, 0.2) is 0 Å². The summed E-state index contributed by atoms with van der Waals surface area (Å²) < 4.78 is 52.2. The minimum atomic E-state index is -3.86. The maximum atomic E-state index is 13.7. The van der Waals surface area contributed by atoms with E-state index in [0.29, 0.717) is 0 Å². The molecule has 1 aromatic heterocycles. The fourth-order valence-electron chi connectivity index (χ4n) is 2.58. The van der Waals surface area contributed by atoms with Crippen LogP contribution in [0, 0.1) is 18.6 Å². The van der Waals surface area contributed by atoms with Crippen molar-refractivity contribution in [2.75, 3.05) is 0 Å². The summed E-state index contributed by atoms with van der Waals surface area (Å²) in [4.78, 5) is 7.65. The van der Waals surface area contributed by atoms with Gasteiger partial charge in [0.05, 0.1) is 5.25 Å². The van der Waals surface area contributed by atoms with Gasteiger partial charge in [-0.05, 0) is 42.5 Å². The van der Waals surface area contributed by atoms with Crippen molar-refractivity contribution >= 4 is 9.84 Å². The quantitative estimate of drug-likeness (QED) is 0.800. The molecule has 0 spiro atoms. The summed E-state index contributed by atoms with van der Waals surface area (Å²) in [6, 6.07) is 1.86. The smallest absolute Gasteiger partial charge is 0.227 e. The lowest BCUT2D eigenvalue weighted by atomic mass is 10.1. The maximum Gasteiger partial charge on any atom is 0.247 e. The molecule has 0 radical (unpaired) electrons. The molecule has 0 fully saturated rings. The second kappa shape index (κ2) is 4.84. The Morgan fingerprint density at radius 2 is 1.86 bits per heavy atom. The van der Waals surface area contributed by atoms with Crippen LogP contribution in [0.25, 0.3) is 0 Å². The third-order valence-corrected chi connectivity index (χ3v) is 5.54. The number of hydrogen-bond acceptors (Lipinski definition) is 4. The Bertz CT molecular complexity index is 804. The fourth-order valence-corrected chi connectivity index (χ4v) is 4.21. The van der Waals surface area contributed by atoms with Gasteiger partial charge in [-0.1, -0.05) is 0 Å². The molecule has 21 heavy (non-hydrogen) atoms. The first-order chi connectivity index (χ1) is 9.89. The number of rotatable bonds is 2. The first kappa shape index (κ1) is 14.1. The van der Waals surface area contributed by atoms with Crippen LogP contribution in [0.1, 0.15) is 28.4 Å². The molecule has 1 aromatic carbocycles. The molecule has 1 heterocycles. The number of benzene rings is 1. The largest absolute Gasteiger partial charge is 0.247 e. The second-order valence-corrected chi connectivity index (χ2v) is 7.09. The zero-order valence-corrected chi connectivity index (χ0v) is 12.0. The third-order valence-electron chi connectivity index (χ3n) is 3.58. The molecule has 0 N–H and O–H groups in total. The Morgan fingerprint density at radius 3 is 2.52 bits per heavy atom. The van der Waals surface area contributed by atoms with Crippen LogP contribution in [-0.4, -0.2) is 18.4 Å². The van der Waals surface area contributed by atoms with Crippen LogP contribution in [0.5, 0.6) is 0 Å². The van der Waals surface area contributed by atoms with E-state index in [0.717, 1.165) is 17.7 Å².